The fourth-order valence-corrected chi connectivity index (χ4v) is 4.85. The van der Waals surface area contributed by atoms with E-state index in [4.69, 9.17) is 0 Å². The summed E-state index contributed by atoms with van der Waals surface area (Å²) in [6.07, 6.45) is 3.02. The number of hydrogen-bond acceptors (Lipinski definition) is 8. The van der Waals surface area contributed by atoms with E-state index >= 15 is 0 Å². The Morgan fingerprint density at radius 1 is 1.08 bits per heavy atom. The van der Waals surface area contributed by atoms with Gasteiger partial charge in [0.2, 0.25) is 5.95 Å². The summed E-state index contributed by atoms with van der Waals surface area (Å²) in [7, 11) is 0. The van der Waals surface area contributed by atoms with Gasteiger partial charge in [-0.2, -0.15) is 10.2 Å². The Morgan fingerprint density at radius 2 is 1.89 bits per heavy atom. The Balaban J connectivity index is 1.69. The van der Waals surface area contributed by atoms with Crippen LogP contribution in [0.3, 0.4) is 0 Å². The molecule has 0 aliphatic carbocycles. The molecule has 184 valence electrons. The third-order valence-corrected chi connectivity index (χ3v) is 6.70. The van der Waals surface area contributed by atoms with Crippen LogP contribution in [0.4, 0.5) is 16.0 Å². The first kappa shape index (κ1) is 24.0. The fraction of sp³-hybridized carbons (Fsp3) is 0.154. The number of thiazole rings is 1. The van der Waals surface area contributed by atoms with E-state index in [0.29, 0.717) is 11.3 Å². The van der Waals surface area contributed by atoms with Gasteiger partial charge in [-0.25, -0.2) is 23.5 Å². The third-order valence-electron chi connectivity index (χ3n) is 5.77. The Hall–Kier alpha value is -4.69. The van der Waals surface area contributed by atoms with Crippen molar-refractivity contribution in [3.8, 4) is 11.8 Å². The van der Waals surface area contributed by atoms with Crippen molar-refractivity contribution in [3.63, 3.8) is 0 Å². The van der Waals surface area contributed by atoms with Crippen molar-refractivity contribution in [3.05, 3.63) is 103 Å². The van der Waals surface area contributed by atoms with Crippen LogP contribution in [0, 0.1) is 37.9 Å². The quantitative estimate of drug-likeness (QED) is 0.375. The maximum Gasteiger partial charge on any atom is 0.359 e. The average Bonchev–Trinajstić information content (AvgIpc) is 3.21. The molecular weight excluding hydrogens is 493 g/mol. The van der Waals surface area contributed by atoms with Crippen LogP contribution in [0.1, 0.15) is 27.3 Å². The summed E-state index contributed by atoms with van der Waals surface area (Å²) in [6, 6.07) is 11.3. The molecule has 0 bridgehead atoms. The molecule has 0 spiro atoms. The molecule has 5 aromatic rings. The van der Waals surface area contributed by atoms with Gasteiger partial charge in [0, 0.05) is 11.9 Å². The second kappa shape index (κ2) is 9.40. The SMILES string of the molecule is Cc1cncc(-n2c(=O)nc(Nc3cc4sc(C)nc4cc3C)n(Cc3ccc(F)c(C#N)c3)c2=O)c1. The van der Waals surface area contributed by atoms with Crippen LogP contribution in [0.15, 0.2) is 58.4 Å². The first-order valence-corrected chi connectivity index (χ1v) is 12.0. The van der Waals surface area contributed by atoms with Crippen LogP contribution >= 0.6 is 11.3 Å². The maximum atomic E-state index is 13.9. The molecule has 0 saturated carbocycles. The second-order valence-corrected chi connectivity index (χ2v) is 9.80. The Morgan fingerprint density at radius 3 is 2.65 bits per heavy atom. The summed E-state index contributed by atoms with van der Waals surface area (Å²) in [6.45, 7) is 5.54. The van der Waals surface area contributed by atoms with E-state index in [1.165, 1.54) is 40.3 Å². The minimum atomic E-state index is -0.777. The molecule has 0 fully saturated rings. The fourth-order valence-electron chi connectivity index (χ4n) is 4.00. The van der Waals surface area contributed by atoms with Crippen molar-refractivity contribution < 1.29 is 4.39 Å². The monoisotopic (exact) mass is 513 g/mol. The molecule has 37 heavy (non-hydrogen) atoms. The molecular formula is C26H20FN7O2S. The lowest BCUT2D eigenvalue weighted by Gasteiger charge is -2.17. The number of nitrogens with one attached hydrogen (secondary N) is 1. The molecule has 0 aliphatic heterocycles. The number of aryl methyl sites for hydroxylation is 3. The zero-order valence-corrected chi connectivity index (χ0v) is 20.9. The molecule has 2 aromatic carbocycles. The van der Waals surface area contributed by atoms with Crippen LogP contribution < -0.4 is 16.7 Å². The van der Waals surface area contributed by atoms with Crippen molar-refractivity contribution in [2.45, 2.75) is 27.3 Å². The number of benzene rings is 2. The maximum absolute atomic E-state index is 13.9. The highest BCUT2D eigenvalue weighted by molar-refractivity contribution is 7.18. The zero-order valence-electron chi connectivity index (χ0n) is 20.1. The summed E-state index contributed by atoms with van der Waals surface area (Å²) in [5.41, 5.74) is 2.30. The molecule has 0 radical (unpaired) electrons. The molecule has 3 heterocycles. The largest absolute Gasteiger partial charge is 0.359 e. The van der Waals surface area contributed by atoms with Crippen molar-refractivity contribution in [1.82, 2.24) is 24.1 Å². The smallest absolute Gasteiger partial charge is 0.325 e. The van der Waals surface area contributed by atoms with Crippen LogP contribution in [-0.4, -0.2) is 24.1 Å². The summed E-state index contributed by atoms with van der Waals surface area (Å²) in [5, 5.41) is 13.3. The van der Waals surface area contributed by atoms with Gasteiger partial charge >= 0.3 is 11.4 Å². The molecule has 0 aliphatic rings. The first-order chi connectivity index (χ1) is 17.7. The average molecular weight is 514 g/mol. The lowest BCUT2D eigenvalue weighted by atomic mass is 10.1. The van der Waals surface area contributed by atoms with Gasteiger partial charge in [0.1, 0.15) is 11.9 Å². The molecule has 0 unspecified atom stereocenters. The number of halogens is 1. The Labute approximate surface area is 214 Å². The molecule has 0 saturated heterocycles. The molecule has 0 atom stereocenters. The van der Waals surface area contributed by atoms with E-state index in [0.717, 1.165) is 30.9 Å². The summed E-state index contributed by atoms with van der Waals surface area (Å²) in [4.78, 5) is 39.6. The van der Waals surface area contributed by atoms with E-state index in [-0.39, 0.29) is 23.7 Å². The zero-order chi connectivity index (χ0) is 26.3. The Bertz CT molecular complexity index is 1850. The molecule has 9 nitrogen and oxygen atoms in total. The van der Waals surface area contributed by atoms with Crippen molar-refractivity contribution in [2.24, 2.45) is 0 Å². The van der Waals surface area contributed by atoms with Crippen LogP contribution in [-0.2, 0) is 6.54 Å². The van der Waals surface area contributed by atoms with Gasteiger partial charge in [0.25, 0.3) is 0 Å². The van der Waals surface area contributed by atoms with Gasteiger partial charge in [-0.1, -0.05) is 6.07 Å². The minimum Gasteiger partial charge on any atom is -0.325 e. The molecule has 11 heteroatoms. The lowest BCUT2D eigenvalue weighted by molar-refractivity contribution is 0.620. The predicted molar refractivity (Wildman–Crippen MR) is 139 cm³/mol. The number of anilines is 2. The third kappa shape index (κ3) is 4.62. The van der Waals surface area contributed by atoms with E-state index in [1.807, 2.05) is 32.0 Å². The summed E-state index contributed by atoms with van der Waals surface area (Å²) in [5.74, 6) is -0.645. The highest BCUT2D eigenvalue weighted by Crippen LogP contribution is 2.29. The van der Waals surface area contributed by atoms with Gasteiger partial charge in [0.15, 0.2) is 0 Å². The van der Waals surface area contributed by atoms with Crippen LogP contribution in [0.2, 0.25) is 0 Å². The van der Waals surface area contributed by atoms with Crippen molar-refractivity contribution in [2.75, 3.05) is 5.32 Å². The predicted octanol–water partition coefficient (Wildman–Crippen LogP) is 4.13. The number of rotatable bonds is 5. The van der Waals surface area contributed by atoms with E-state index in [2.05, 4.69) is 20.3 Å². The first-order valence-electron chi connectivity index (χ1n) is 11.2. The highest BCUT2D eigenvalue weighted by Gasteiger charge is 2.18. The molecule has 1 N–H and O–H groups in total. The summed E-state index contributed by atoms with van der Waals surface area (Å²) < 4.78 is 17.1. The van der Waals surface area contributed by atoms with E-state index in [9.17, 15) is 19.2 Å². The number of aromatic nitrogens is 5. The van der Waals surface area contributed by atoms with Gasteiger partial charge in [0.05, 0.1) is 39.2 Å². The van der Waals surface area contributed by atoms with E-state index in [1.54, 1.807) is 19.2 Å². The standard InChI is InChI=1S/C26H20FN7O2S/c1-14-6-19(12-29-11-14)34-25(35)32-24(31-21-9-23-22(7-15(21)2)30-16(3)37-23)33(26(34)36)13-17-4-5-20(27)18(8-17)10-28/h4-9,11-12H,13H2,1-3H3,(H,31,32,35). The molecule has 3 aromatic heterocycles. The number of hydrogen-bond donors (Lipinski definition) is 1. The number of nitrogens with zero attached hydrogens (tertiary/aromatic N) is 6. The highest BCUT2D eigenvalue weighted by atomic mass is 32.1. The Kier molecular flexibility index (Phi) is 6.11. The molecule has 5 rings (SSSR count). The minimum absolute atomic E-state index is 0.0124. The van der Waals surface area contributed by atoms with Crippen LogP contribution in [0.25, 0.3) is 15.9 Å². The van der Waals surface area contributed by atoms with Crippen molar-refractivity contribution in [1.29, 1.82) is 5.26 Å². The van der Waals surface area contributed by atoms with Gasteiger partial charge in [-0.15, -0.1) is 11.3 Å². The second-order valence-electron chi connectivity index (χ2n) is 8.56. The number of pyridine rings is 1. The van der Waals surface area contributed by atoms with Gasteiger partial charge in [-0.3, -0.25) is 9.55 Å². The topological polar surface area (TPSA) is 118 Å². The van der Waals surface area contributed by atoms with Crippen LogP contribution in [0.5, 0.6) is 0 Å². The number of fused-ring (bicyclic) bond motifs is 1. The molecule has 0 amide bonds. The van der Waals surface area contributed by atoms with E-state index < -0.39 is 17.2 Å². The van der Waals surface area contributed by atoms with Gasteiger partial charge < -0.3 is 5.32 Å². The number of nitriles is 1. The lowest BCUT2D eigenvalue weighted by Crippen LogP contribution is -2.41. The normalized spacial score (nSPS) is 11.0. The van der Waals surface area contributed by atoms with Crippen molar-refractivity contribution >= 4 is 33.2 Å². The summed E-state index contributed by atoms with van der Waals surface area (Å²) >= 11 is 1.53. The van der Waals surface area contributed by atoms with Gasteiger partial charge in [-0.05, 0) is 67.8 Å².